The second kappa shape index (κ2) is 7.49. The van der Waals surface area contributed by atoms with Crippen molar-refractivity contribution >= 4 is 17.4 Å². The molecule has 3 atom stereocenters. The molecule has 3 heterocycles. The normalized spacial score (nSPS) is 22.2. The summed E-state index contributed by atoms with van der Waals surface area (Å²) >= 11 is 0. The predicted octanol–water partition coefficient (Wildman–Crippen LogP) is 3.78. The highest BCUT2D eigenvalue weighted by atomic mass is 19.1. The Morgan fingerprint density at radius 2 is 2.09 bits per heavy atom. The van der Waals surface area contributed by atoms with Gasteiger partial charge in [-0.15, -0.1) is 0 Å². The van der Waals surface area contributed by atoms with Crippen molar-refractivity contribution in [1.82, 2.24) is 10.3 Å². The molecule has 0 saturated heterocycles. The van der Waals surface area contributed by atoms with Crippen LogP contribution in [0.15, 0.2) is 54.7 Å². The number of nitrogens with one attached hydrogen (secondary N) is 3. The van der Waals surface area contributed by atoms with Gasteiger partial charge in [-0.3, -0.25) is 10.1 Å². The molecule has 7 nitrogen and oxygen atoms in total. The molecule has 1 aliphatic carbocycles. The third-order valence-electron chi connectivity index (χ3n) is 6.15. The van der Waals surface area contributed by atoms with Crippen molar-refractivity contribution in [2.45, 2.75) is 30.9 Å². The number of hydrogen-bond donors (Lipinski definition) is 3. The molecule has 32 heavy (non-hydrogen) atoms. The summed E-state index contributed by atoms with van der Waals surface area (Å²) in [5, 5.41) is 9.26. The molecule has 6 rings (SSSR count). The summed E-state index contributed by atoms with van der Waals surface area (Å²) < 4.78 is 26.0. The Labute approximate surface area is 184 Å². The van der Waals surface area contributed by atoms with E-state index < -0.39 is 0 Å². The second-order valence-corrected chi connectivity index (χ2v) is 8.16. The van der Waals surface area contributed by atoms with Gasteiger partial charge >= 0.3 is 0 Å². The van der Waals surface area contributed by atoms with Gasteiger partial charge in [0.05, 0.1) is 18.4 Å². The molecule has 3 N–H and O–H groups in total. The SMILES string of the molecule is O=C1CCc2c(Oc3ccc4c(c3)[C@H]3[C@H](NCNc5ccccc5F)[C@H]3O4)ccnc2N1. The number of hydrogen-bond acceptors (Lipinski definition) is 6. The van der Waals surface area contributed by atoms with Crippen LogP contribution in [0.25, 0.3) is 0 Å². The van der Waals surface area contributed by atoms with Crippen LogP contribution < -0.4 is 25.4 Å². The van der Waals surface area contributed by atoms with Gasteiger partial charge in [0.15, 0.2) is 0 Å². The van der Waals surface area contributed by atoms with Crippen molar-refractivity contribution in [2.75, 3.05) is 17.3 Å². The van der Waals surface area contributed by atoms with Gasteiger partial charge in [-0.2, -0.15) is 0 Å². The maximum Gasteiger partial charge on any atom is 0.225 e. The van der Waals surface area contributed by atoms with Crippen LogP contribution in [0.5, 0.6) is 17.2 Å². The molecule has 0 unspecified atom stereocenters. The maximum absolute atomic E-state index is 13.8. The van der Waals surface area contributed by atoms with Crippen molar-refractivity contribution in [2.24, 2.45) is 0 Å². The number of nitrogens with zero attached hydrogens (tertiary/aromatic N) is 1. The molecule has 3 aliphatic rings. The van der Waals surface area contributed by atoms with Crippen molar-refractivity contribution in [3.8, 4) is 17.2 Å². The van der Waals surface area contributed by atoms with Crippen LogP contribution in [0.2, 0.25) is 0 Å². The number of benzene rings is 2. The third-order valence-corrected chi connectivity index (χ3v) is 6.15. The first-order chi connectivity index (χ1) is 15.7. The lowest BCUT2D eigenvalue weighted by Gasteiger charge is -2.19. The maximum atomic E-state index is 13.8. The summed E-state index contributed by atoms with van der Waals surface area (Å²) in [6.45, 7) is 0.447. The molecule has 1 saturated carbocycles. The average molecular weight is 432 g/mol. The largest absolute Gasteiger partial charge is 0.488 e. The van der Waals surface area contributed by atoms with E-state index in [0.29, 0.717) is 42.5 Å². The highest BCUT2D eigenvalue weighted by Gasteiger charge is 2.58. The van der Waals surface area contributed by atoms with E-state index in [1.54, 1.807) is 24.4 Å². The van der Waals surface area contributed by atoms with Crippen molar-refractivity contribution in [3.63, 3.8) is 0 Å². The number of fused-ring (bicyclic) bond motifs is 4. The lowest BCUT2D eigenvalue weighted by Crippen LogP contribution is -2.28. The smallest absolute Gasteiger partial charge is 0.225 e. The van der Waals surface area contributed by atoms with Gasteiger partial charge in [-0.25, -0.2) is 9.37 Å². The Balaban J connectivity index is 1.13. The molecule has 162 valence electrons. The highest BCUT2D eigenvalue weighted by molar-refractivity contribution is 5.93. The van der Waals surface area contributed by atoms with Gasteiger partial charge in [0.2, 0.25) is 5.91 Å². The zero-order chi connectivity index (χ0) is 21.7. The van der Waals surface area contributed by atoms with E-state index in [4.69, 9.17) is 9.47 Å². The number of carbonyl (C=O) groups is 1. The summed E-state index contributed by atoms with van der Waals surface area (Å²) in [6, 6.07) is 14.4. The standard InChI is InChI=1S/C24H21FN4O3/c25-16-3-1-2-4-17(16)27-12-28-22-21-15-11-13(5-7-18(15)32-23(21)22)31-19-9-10-26-24-14(19)6-8-20(30)29-24/h1-5,7,9-11,21-23,27-28H,6,8,12H2,(H,26,29,30)/t21-,22-,23-/m0/s1. The Kier molecular flexibility index (Phi) is 4.46. The fourth-order valence-corrected chi connectivity index (χ4v) is 4.50. The predicted molar refractivity (Wildman–Crippen MR) is 117 cm³/mol. The molecule has 2 aromatic carbocycles. The lowest BCUT2D eigenvalue weighted by atomic mass is 10.1. The summed E-state index contributed by atoms with van der Waals surface area (Å²) in [5.74, 6) is 2.79. The molecule has 0 bridgehead atoms. The van der Waals surface area contributed by atoms with Crippen LogP contribution in [-0.2, 0) is 11.2 Å². The molecule has 1 amide bonds. The Hall–Kier alpha value is -3.65. The first kappa shape index (κ1) is 19.1. The molecule has 0 spiro atoms. The van der Waals surface area contributed by atoms with Crippen LogP contribution in [0.3, 0.4) is 0 Å². The monoisotopic (exact) mass is 432 g/mol. The summed E-state index contributed by atoms with van der Waals surface area (Å²) in [4.78, 5) is 15.9. The Morgan fingerprint density at radius 3 is 3.00 bits per heavy atom. The third kappa shape index (κ3) is 3.33. The first-order valence-electron chi connectivity index (χ1n) is 10.7. The molecule has 3 aromatic rings. The number of pyridine rings is 1. The van der Waals surface area contributed by atoms with E-state index in [9.17, 15) is 9.18 Å². The molecular formula is C24H21FN4O3. The number of rotatable bonds is 6. The van der Waals surface area contributed by atoms with Crippen molar-refractivity contribution < 1.29 is 18.7 Å². The van der Waals surface area contributed by atoms with Gasteiger partial charge in [-0.05, 0) is 42.8 Å². The summed E-state index contributed by atoms with van der Waals surface area (Å²) in [6.07, 6.45) is 2.73. The van der Waals surface area contributed by atoms with E-state index in [2.05, 4.69) is 20.9 Å². The number of anilines is 2. The minimum Gasteiger partial charge on any atom is -0.488 e. The minimum absolute atomic E-state index is 0.0281. The van der Waals surface area contributed by atoms with Crippen LogP contribution in [0, 0.1) is 5.82 Å². The van der Waals surface area contributed by atoms with E-state index in [1.165, 1.54) is 6.07 Å². The minimum atomic E-state index is -0.272. The number of carbonyl (C=O) groups excluding carboxylic acids is 1. The lowest BCUT2D eigenvalue weighted by molar-refractivity contribution is -0.116. The Morgan fingerprint density at radius 1 is 1.19 bits per heavy atom. The number of ether oxygens (including phenoxy) is 2. The molecule has 8 heteroatoms. The Bertz CT molecular complexity index is 1220. The topological polar surface area (TPSA) is 84.5 Å². The van der Waals surface area contributed by atoms with Gasteiger partial charge in [0.1, 0.15) is 35.0 Å². The summed E-state index contributed by atoms with van der Waals surface area (Å²) in [7, 11) is 0. The number of amides is 1. The zero-order valence-corrected chi connectivity index (χ0v) is 17.1. The van der Waals surface area contributed by atoms with Gasteiger partial charge in [0, 0.05) is 29.7 Å². The molecule has 1 aromatic heterocycles. The molecule has 0 radical (unpaired) electrons. The number of para-hydroxylation sites is 1. The zero-order valence-electron chi connectivity index (χ0n) is 17.1. The first-order valence-corrected chi connectivity index (χ1v) is 10.7. The molecule has 2 aliphatic heterocycles. The second-order valence-electron chi connectivity index (χ2n) is 8.16. The molecule has 1 fully saturated rings. The van der Waals surface area contributed by atoms with Gasteiger partial charge < -0.3 is 20.1 Å². The fourth-order valence-electron chi connectivity index (χ4n) is 4.50. The van der Waals surface area contributed by atoms with Crippen LogP contribution >= 0.6 is 0 Å². The number of halogens is 1. The quantitative estimate of drug-likeness (QED) is 0.514. The van der Waals surface area contributed by atoms with Gasteiger partial charge in [-0.1, -0.05) is 12.1 Å². The number of aromatic nitrogens is 1. The van der Waals surface area contributed by atoms with Crippen LogP contribution in [0.1, 0.15) is 23.5 Å². The van der Waals surface area contributed by atoms with E-state index in [1.807, 2.05) is 24.3 Å². The summed E-state index contributed by atoms with van der Waals surface area (Å²) in [5.41, 5.74) is 2.48. The van der Waals surface area contributed by atoms with Crippen LogP contribution in [-0.4, -0.2) is 29.7 Å². The van der Waals surface area contributed by atoms with E-state index in [0.717, 1.165) is 16.9 Å². The molecular weight excluding hydrogens is 411 g/mol. The highest BCUT2D eigenvalue weighted by Crippen LogP contribution is 2.54. The van der Waals surface area contributed by atoms with E-state index >= 15 is 0 Å². The fraction of sp³-hybridized carbons (Fsp3) is 0.250. The van der Waals surface area contributed by atoms with E-state index in [-0.39, 0.29) is 29.8 Å². The average Bonchev–Trinajstić information content (AvgIpc) is 3.33. The van der Waals surface area contributed by atoms with Crippen molar-refractivity contribution in [3.05, 3.63) is 71.7 Å². The van der Waals surface area contributed by atoms with Crippen molar-refractivity contribution in [1.29, 1.82) is 0 Å². The van der Waals surface area contributed by atoms with Gasteiger partial charge in [0.25, 0.3) is 0 Å². The van der Waals surface area contributed by atoms with Crippen LogP contribution in [0.4, 0.5) is 15.9 Å².